The van der Waals surface area contributed by atoms with Crippen molar-refractivity contribution in [3.63, 3.8) is 0 Å². The van der Waals surface area contributed by atoms with Gasteiger partial charge >= 0.3 is 0 Å². The van der Waals surface area contributed by atoms with Crippen LogP contribution >= 0.6 is 0 Å². The van der Waals surface area contributed by atoms with Crippen LogP contribution in [0.15, 0.2) is 30.3 Å². The number of likely N-dealkylation sites (N-methyl/N-ethyl adjacent to an activating group) is 1. The average Bonchev–Trinajstić information content (AvgIpc) is 2.38. The summed E-state index contributed by atoms with van der Waals surface area (Å²) in [5.74, 6) is -0.355. The summed E-state index contributed by atoms with van der Waals surface area (Å²) in [5.41, 5.74) is 0.444. The number of hydrogen-bond donors (Lipinski definition) is 0. The van der Waals surface area contributed by atoms with Crippen molar-refractivity contribution >= 4 is 12.0 Å². The zero-order chi connectivity index (χ0) is 13.0. The van der Waals surface area contributed by atoms with E-state index in [9.17, 15) is 9.18 Å². The molecule has 96 valence electrons. The topological polar surface area (TPSA) is 23.6 Å². The van der Waals surface area contributed by atoms with Crippen molar-refractivity contribution in [2.45, 2.75) is 0 Å². The lowest BCUT2D eigenvalue weighted by Crippen LogP contribution is -2.46. The van der Waals surface area contributed by atoms with Crippen molar-refractivity contribution in [2.24, 2.45) is 0 Å². The van der Waals surface area contributed by atoms with Crippen LogP contribution in [0.1, 0.15) is 5.56 Å². The predicted octanol–water partition coefficient (Wildman–Crippen LogP) is 1.61. The summed E-state index contributed by atoms with van der Waals surface area (Å²) in [4.78, 5) is 15.9. The fourth-order valence-electron chi connectivity index (χ4n) is 1.90. The molecular weight excluding hydrogens is 231 g/mol. The van der Waals surface area contributed by atoms with E-state index in [1.54, 1.807) is 23.1 Å². The van der Waals surface area contributed by atoms with E-state index >= 15 is 0 Å². The van der Waals surface area contributed by atoms with Crippen molar-refractivity contribution in [2.75, 3.05) is 33.2 Å². The van der Waals surface area contributed by atoms with Gasteiger partial charge in [0.05, 0.1) is 0 Å². The minimum atomic E-state index is -0.306. The first-order chi connectivity index (χ1) is 8.66. The Hall–Kier alpha value is -1.68. The third-order valence-electron chi connectivity index (χ3n) is 3.13. The lowest BCUT2D eigenvalue weighted by molar-refractivity contribution is -0.127. The zero-order valence-electron chi connectivity index (χ0n) is 10.5. The quantitative estimate of drug-likeness (QED) is 0.742. The van der Waals surface area contributed by atoms with E-state index in [1.165, 1.54) is 18.2 Å². The molecule has 2 rings (SSSR count). The normalized spacial score (nSPS) is 17.3. The third kappa shape index (κ3) is 3.17. The second kappa shape index (κ2) is 5.78. The van der Waals surface area contributed by atoms with E-state index < -0.39 is 0 Å². The molecule has 1 aromatic carbocycles. The van der Waals surface area contributed by atoms with E-state index in [1.807, 2.05) is 7.05 Å². The molecule has 0 N–H and O–H groups in total. The number of hydrogen-bond acceptors (Lipinski definition) is 2. The Bertz CT molecular complexity index is 451. The second-order valence-corrected chi connectivity index (χ2v) is 4.48. The molecule has 1 aromatic rings. The van der Waals surface area contributed by atoms with Gasteiger partial charge in [-0.05, 0) is 19.2 Å². The molecule has 0 bridgehead atoms. The zero-order valence-corrected chi connectivity index (χ0v) is 10.5. The highest BCUT2D eigenvalue weighted by Gasteiger charge is 2.16. The molecule has 4 heteroatoms. The van der Waals surface area contributed by atoms with Crippen molar-refractivity contribution in [1.82, 2.24) is 9.80 Å². The van der Waals surface area contributed by atoms with E-state index in [4.69, 9.17) is 0 Å². The SMILES string of the molecule is CN1CCN(C(=O)/C=C\c2ccccc2F)CC1. The van der Waals surface area contributed by atoms with Gasteiger partial charge in [-0.1, -0.05) is 18.2 Å². The molecule has 0 saturated carbocycles. The molecule has 0 atom stereocenters. The minimum absolute atomic E-state index is 0.0497. The first-order valence-corrected chi connectivity index (χ1v) is 6.07. The lowest BCUT2D eigenvalue weighted by atomic mass is 10.2. The highest BCUT2D eigenvalue weighted by atomic mass is 19.1. The Morgan fingerprint density at radius 1 is 1.22 bits per heavy atom. The first-order valence-electron chi connectivity index (χ1n) is 6.07. The van der Waals surface area contributed by atoms with Gasteiger partial charge in [-0.3, -0.25) is 4.79 Å². The standard InChI is InChI=1S/C14H17FN2O/c1-16-8-10-17(11-9-16)14(18)7-6-12-4-2-3-5-13(12)15/h2-7H,8-11H2,1H3/b7-6-. The summed E-state index contributed by atoms with van der Waals surface area (Å²) < 4.78 is 13.4. The van der Waals surface area contributed by atoms with Crippen molar-refractivity contribution < 1.29 is 9.18 Å². The van der Waals surface area contributed by atoms with Gasteiger partial charge in [-0.15, -0.1) is 0 Å². The van der Waals surface area contributed by atoms with Crippen LogP contribution in [0.4, 0.5) is 4.39 Å². The fraction of sp³-hybridized carbons (Fsp3) is 0.357. The summed E-state index contributed by atoms with van der Waals surface area (Å²) in [6.07, 6.45) is 2.99. The average molecular weight is 248 g/mol. The van der Waals surface area contributed by atoms with E-state index in [0.717, 1.165) is 26.2 Å². The van der Waals surface area contributed by atoms with Crippen molar-refractivity contribution in [3.05, 3.63) is 41.7 Å². The molecule has 0 unspecified atom stereocenters. The van der Waals surface area contributed by atoms with Crippen LogP contribution in [-0.2, 0) is 4.79 Å². The van der Waals surface area contributed by atoms with Crippen LogP contribution in [0.25, 0.3) is 6.08 Å². The van der Waals surface area contributed by atoms with Gasteiger partial charge in [0.1, 0.15) is 5.82 Å². The van der Waals surface area contributed by atoms with Gasteiger partial charge in [0.15, 0.2) is 0 Å². The molecule has 1 aliphatic heterocycles. The molecular formula is C14H17FN2O. The van der Waals surface area contributed by atoms with Crippen molar-refractivity contribution in [3.8, 4) is 0 Å². The molecule has 0 spiro atoms. The number of carbonyl (C=O) groups excluding carboxylic acids is 1. The Labute approximate surface area is 107 Å². The summed E-state index contributed by atoms with van der Waals surface area (Å²) in [5, 5.41) is 0. The number of piperazine rings is 1. The maximum atomic E-state index is 13.4. The molecule has 1 amide bonds. The molecule has 1 heterocycles. The molecule has 1 aliphatic rings. The molecule has 0 aliphatic carbocycles. The number of rotatable bonds is 2. The number of halogens is 1. The highest BCUT2D eigenvalue weighted by Crippen LogP contribution is 2.09. The first kappa shape index (κ1) is 12.8. The monoisotopic (exact) mass is 248 g/mol. The molecule has 0 aromatic heterocycles. The van der Waals surface area contributed by atoms with Crippen LogP contribution in [0.5, 0.6) is 0 Å². The summed E-state index contributed by atoms with van der Waals surface area (Å²) in [6.45, 7) is 3.24. The summed E-state index contributed by atoms with van der Waals surface area (Å²) in [6, 6.07) is 6.43. The van der Waals surface area contributed by atoms with Crippen molar-refractivity contribution in [1.29, 1.82) is 0 Å². The lowest BCUT2D eigenvalue weighted by Gasteiger charge is -2.31. The van der Waals surface area contributed by atoms with Gasteiger partial charge in [-0.25, -0.2) is 4.39 Å². The predicted molar refractivity (Wildman–Crippen MR) is 69.5 cm³/mol. The van der Waals surface area contributed by atoms with Crippen LogP contribution in [0, 0.1) is 5.82 Å². The van der Waals surface area contributed by atoms with Gasteiger partial charge in [0.25, 0.3) is 0 Å². The van der Waals surface area contributed by atoms with Crippen LogP contribution < -0.4 is 0 Å². The summed E-state index contributed by atoms with van der Waals surface area (Å²) in [7, 11) is 2.04. The smallest absolute Gasteiger partial charge is 0.246 e. The van der Waals surface area contributed by atoms with Gasteiger partial charge in [0, 0.05) is 37.8 Å². The van der Waals surface area contributed by atoms with Crippen LogP contribution in [-0.4, -0.2) is 48.9 Å². The molecule has 1 fully saturated rings. The third-order valence-corrected chi connectivity index (χ3v) is 3.13. The van der Waals surface area contributed by atoms with E-state index in [-0.39, 0.29) is 11.7 Å². The van der Waals surface area contributed by atoms with E-state index in [2.05, 4.69) is 4.90 Å². The molecule has 3 nitrogen and oxygen atoms in total. The van der Waals surface area contributed by atoms with Crippen LogP contribution in [0.3, 0.4) is 0 Å². The van der Waals surface area contributed by atoms with Gasteiger partial charge in [0.2, 0.25) is 5.91 Å². The molecule has 0 radical (unpaired) electrons. The van der Waals surface area contributed by atoms with E-state index in [0.29, 0.717) is 5.56 Å². The maximum absolute atomic E-state index is 13.4. The largest absolute Gasteiger partial charge is 0.337 e. The van der Waals surface area contributed by atoms with Gasteiger partial charge in [-0.2, -0.15) is 0 Å². The maximum Gasteiger partial charge on any atom is 0.246 e. The number of amides is 1. The minimum Gasteiger partial charge on any atom is -0.337 e. The Morgan fingerprint density at radius 2 is 1.89 bits per heavy atom. The van der Waals surface area contributed by atoms with Crippen LogP contribution in [0.2, 0.25) is 0 Å². The molecule has 1 saturated heterocycles. The Morgan fingerprint density at radius 3 is 2.56 bits per heavy atom. The Balaban J connectivity index is 1.97. The second-order valence-electron chi connectivity index (χ2n) is 4.48. The summed E-state index contributed by atoms with van der Waals surface area (Å²) >= 11 is 0. The number of nitrogens with zero attached hydrogens (tertiary/aromatic N) is 2. The highest BCUT2D eigenvalue weighted by molar-refractivity contribution is 5.91. The Kier molecular flexibility index (Phi) is 4.10. The number of carbonyl (C=O) groups is 1. The molecule has 18 heavy (non-hydrogen) atoms. The van der Waals surface area contributed by atoms with Gasteiger partial charge < -0.3 is 9.80 Å². The fourth-order valence-corrected chi connectivity index (χ4v) is 1.90. The number of benzene rings is 1.